The lowest BCUT2D eigenvalue weighted by Gasteiger charge is -2.28. The van der Waals surface area contributed by atoms with Crippen molar-refractivity contribution in [3.63, 3.8) is 0 Å². The third kappa shape index (κ3) is 3.45. The number of halogens is 2. The van der Waals surface area contributed by atoms with Crippen LogP contribution in [0, 0.1) is 17.6 Å². The summed E-state index contributed by atoms with van der Waals surface area (Å²) in [5.74, 6) is -0.217. The summed E-state index contributed by atoms with van der Waals surface area (Å²) in [5, 5.41) is 4.03. The molecule has 2 fully saturated rings. The van der Waals surface area contributed by atoms with Gasteiger partial charge in [0.2, 0.25) is 0 Å². The van der Waals surface area contributed by atoms with Crippen molar-refractivity contribution in [3.05, 3.63) is 47.7 Å². The SMILES string of the molecule is CN(CC1CC1)S(=O)(=O)n1nccc1N1CCCC1c1cc(F)ccc1F. The van der Waals surface area contributed by atoms with Gasteiger partial charge < -0.3 is 4.90 Å². The minimum atomic E-state index is -3.81. The van der Waals surface area contributed by atoms with Crippen LogP contribution in [0.5, 0.6) is 0 Å². The van der Waals surface area contributed by atoms with Crippen molar-refractivity contribution < 1.29 is 17.2 Å². The first-order chi connectivity index (χ1) is 12.9. The third-order valence-electron chi connectivity index (χ3n) is 5.28. The summed E-state index contributed by atoms with van der Waals surface area (Å²) in [6.45, 7) is 1.01. The van der Waals surface area contributed by atoms with E-state index in [9.17, 15) is 17.2 Å². The third-order valence-corrected chi connectivity index (χ3v) is 6.94. The van der Waals surface area contributed by atoms with Gasteiger partial charge >= 0.3 is 10.2 Å². The van der Waals surface area contributed by atoms with Gasteiger partial charge in [0.1, 0.15) is 17.5 Å². The van der Waals surface area contributed by atoms with E-state index in [1.807, 2.05) is 0 Å². The topological polar surface area (TPSA) is 58.4 Å². The van der Waals surface area contributed by atoms with Crippen molar-refractivity contribution in [2.24, 2.45) is 5.92 Å². The predicted molar refractivity (Wildman–Crippen MR) is 97.6 cm³/mol. The molecule has 1 unspecified atom stereocenters. The average Bonchev–Trinajstić information content (AvgIpc) is 3.12. The Morgan fingerprint density at radius 2 is 2.00 bits per heavy atom. The van der Waals surface area contributed by atoms with E-state index in [1.165, 1.54) is 16.6 Å². The Hall–Kier alpha value is -2.00. The van der Waals surface area contributed by atoms with E-state index in [1.54, 1.807) is 18.0 Å². The highest BCUT2D eigenvalue weighted by atomic mass is 32.2. The molecule has 1 aromatic carbocycles. The molecule has 146 valence electrons. The fourth-order valence-corrected chi connectivity index (χ4v) is 4.93. The molecule has 27 heavy (non-hydrogen) atoms. The van der Waals surface area contributed by atoms with Gasteiger partial charge in [-0.2, -0.15) is 17.8 Å². The smallest absolute Gasteiger partial charge is 0.324 e. The highest BCUT2D eigenvalue weighted by molar-refractivity contribution is 7.87. The Labute approximate surface area is 157 Å². The number of nitrogens with zero attached hydrogens (tertiary/aromatic N) is 4. The van der Waals surface area contributed by atoms with Gasteiger partial charge in [-0.15, -0.1) is 4.09 Å². The second-order valence-electron chi connectivity index (χ2n) is 7.28. The molecule has 0 spiro atoms. The molecule has 1 aromatic heterocycles. The maximum absolute atomic E-state index is 14.3. The first kappa shape index (κ1) is 18.4. The zero-order chi connectivity index (χ0) is 19.2. The van der Waals surface area contributed by atoms with Crippen molar-refractivity contribution in [1.82, 2.24) is 13.5 Å². The molecule has 1 aliphatic heterocycles. The number of benzene rings is 1. The van der Waals surface area contributed by atoms with E-state index in [-0.39, 0.29) is 5.56 Å². The van der Waals surface area contributed by atoms with E-state index in [0.29, 0.717) is 31.2 Å². The van der Waals surface area contributed by atoms with Gasteiger partial charge in [0.25, 0.3) is 0 Å². The summed E-state index contributed by atoms with van der Waals surface area (Å²) in [5.41, 5.74) is 0.240. The van der Waals surface area contributed by atoms with Crippen LogP contribution in [0.4, 0.5) is 14.6 Å². The molecule has 1 saturated carbocycles. The molecular weight excluding hydrogens is 374 g/mol. The summed E-state index contributed by atoms with van der Waals surface area (Å²) in [6.07, 6.45) is 4.88. The summed E-state index contributed by atoms with van der Waals surface area (Å²) < 4.78 is 56.2. The maximum Gasteiger partial charge on any atom is 0.324 e. The summed E-state index contributed by atoms with van der Waals surface area (Å²) in [6, 6.07) is 4.56. The van der Waals surface area contributed by atoms with Crippen LogP contribution in [0.1, 0.15) is 37.3 Å². The molecule has 2 aromatic rings. The van der Waals surface area contributed by atoms with E-state index < -0.39 is 27.9 Å². The molecule has 1 atom stereocenters. The Kier molecular flexibility index (Phi) is 4.67. The van der Waals surface area contributed by atoms with Crippen LogP contribution in [0.2, 0.25) is 0 Å². The second-order valence-corrected chi connectivity index (χ2v) is 9.15. The Balaban J connectivity index is 1.67. The molecule has 2 aliphatic rings. The zero-order valence-electron chi connectivity index (χ0n) is 15.1. The molecule has 0 radical (unpaired) electrons. The average molecular weight is 396 g/mol. The normalized spacial score (nSPS) is 20.6. The second kappa shape index (κ2) is 6.87. The molecule has 4 rings (SSSR count). The number of hydrogen-bond acceptors (Lipinski definition) is 4. The van der Waals surface area contributed by atoms with Gasteiger partial charge in [-0.1, -0.05) is 0 Å². The van der Waals surface area contributed by atoms with E-state index >= 15 is 0 Å². The molecule has 9 heteroatoms. The molecule has 6 nitrogen and oxygen atoms in total. The Morgan fingerprint density at radius 3 is 2.74 bits per heavy atom. The fourth-order valence-electron chi connectivity index (χ4n) is 3.69. The first-order valence-electron chi connectivity index (χ1n) is 9.10. The van der Waals surface area contributed by atoms with Gasteiger partial charge in [0.15, 0.2) is 0 Å². The van der Waals surface area contributed by atoms with Crippen LogP contribution in [0.3, 0.4) is 0 Å². The quantitative estimate of drug-likeness (QED) is 0.753. The van der Waals surface area contributed by atoms with Crippen molar-refractivity contribution >= 4 is 16.0 Å². The molecule has 2 heterocycles. The maximum atomic E-state index is 14.3. The lowest BCUT2D eigenvalue weighted by atomic mass is 10.0. The lowest BCUT2D eigenvalue weighted by Crippen LogP contribution is -2.37. The molecule has 0 amide bonds. The lowest BCUT2D eigenvalue weighted by molar-refractivity contribution is 0.441. The predicted octanol–water partition coefficient (Wildman–Crippen LogP) is 2.94. The number of aromatic nitrogens is 2. The van der Waals surface area contributed by atoms with Crippen molar-refractivity contribution in [3.8, 4) is 0 Å². The van der Waals surface area contributed by atoms with Crippen LogP contribution < -0.4 is 4.90 Å². The van der Waals surface area contributed by atoms with Crippen molar-refractivity contribution in [2.75, 3.05) is 25.0 Å². The standard InChI is InChI=1S/C18H22F2N4O2S/c1-22(12-13-4-5-13)27(25,26)24-18(8-9-21-24)23-10-2-3-17(23)15-11-14(19)6-7-16(15)20/h6-9,11,13,17H,2-5,10,12H2,1H3. The van der Waals surface area contributed by atoms with Crippen LogP contribution >= 0.6 is 0 Å². The van der Waals surface area contributed by atoms with E-state index in [2.05, 4.69) is 5.10 Å². The van der Waals surface area contributed by atoms with Gasteiger partial charge in [-0.3, -0.25) is 0 Å². The summed E-state index contributed by atoms with van der Waals surface area (Å²) in [4.78, 5) is 1.80. The van der Waals surface area contributed by atoms with Crippen LogP contribution in [-0.4, -0.2) is 42.0 Å². The van der Waals surface area contributed by atoms with Crippen molar-refractivity contribution in [2.45, 2.75) is 31.7 Å². The van der Waals surface area contributed by atoms with Gasteiger partial charge in [-0.25, -0.2) is 8.78 Å². The van der Waals surface area contributed by atoms with E-state index in [0.717, 1.165) is 35.5 Å². The largest absolute Gasteiger partial charge is 0.349 e. The minimum Gasteiger partial charge on any atom is -0.349 e. The number of hydrogen-bond donors (Lipinski definition) is 0. The summed E-state index contributed by atoms with van der Waals surface area (Å²) in [7, 11) is -2.26. The Morgan fingerprint density at radius 1 is 1.22 bits per heavy atom. The van der Waals surface area contributed by atoms with Gasteiger partial charge in [0.05, 0.1) is 12.2 Å². The number of rotatable bonds is 6. The minimum absolute atomic E-state index is 0.240. The molecular formula is C18H22F2N4O2S. The highest BCUT2D eigenvalue weighted by Crippen LogP contribution is 2.38. The first-order valence-corrected chi connectivity index (χ1v) is 10.5. The van der Waals surface area contributed by atoms with Gasteiger partial charge in [-0.05, 0) is 49.8 Å². The summed E-state index contributed by atoms with van der Waals surface area (Å²) >= 11 is 0. The molecule has 1 saturated heterocycles. The molecule has 0 bridgehead atoms. The van der Waals surface area contributed by atoms with Crippen molar-refractivity contribution in [1.29, 1.82) is 0 Å². The van der Waals surface area contributed by atoms with Crippen LogP contribution in [0.25, 0.3) is 0 Å². The monoisotopic (exact) mass is 396 g/mol. The zero-order valence-corrected chi connectivity index (χ0v) is 15.9. The highest BCUT2D eigenvalue weighted by Gasteiger charge is 2.35. The Bertz CT molecular complexity index is 943. The van der Waals surface area contributed by atoms with Gasteiger partial charge in [0, 0.05) is 31.8 Å². The molecule has 1 aliphatic carbocycles. The van der Waals surface area contributed by atoms with Crippen LogP contribution in [0.15, 0.2) is 30.5 Å². The number of anilines is 1. The van der Waals surface area contributed by atoms with Crippen LogP contribution in [-0.2, 0) is 10.2 Å². The fraction of sp³-hybridized carbons (Fsp3) is 0.500. The molecule has 0 N–H and O–H groups in total. The van der Waals surface area contributed by atoms with E-state index in [4.69, 9.17) is 0 Å².